The number of carboxylic acids is 1. The van der Waals surface area contributed by atoms with Crippen LogP contribution < -0.4 is 0 Å². The van der Waals surface area contributed by atoms with Gasteiger partial charge in [-0.15, -0.1) is 0 Å². The molecule has 0 fully saturated rings. The van der Waals surface area contributed by atoms with E-state index >= 15 is 0 Å². The third kappa shape index (κ3) is 7.63. The van der Waals surface area contributed by atoms with E-state index in [1.165, 1.54) is 0 Å². The molecule has 1 rings (SSSR count). The second-order valence-corrected chi connectivity index (χ2v) is 5.95. The Balaban J connectivity index is 2.56. The molecule has 0 bridgehead atoms. The monoisotopic (exact) mass is 292 g/mol. The maximum Gasteiger partial charge on any atom is 0.331 e. The van der Waals surface area contributed by atoms with Crippen molar-refractivity contribution in [3.8, 4) is 0 Å². The van der Waals surface area contributed by atoms with Crippen molar-refractivity contribution >= 4 is 5.97 Å². The van der Waals surface area contributed by atoms with E-state index < -0.39 is 17.9 Å². The number of aliphatic hydroxyl groups excluding tert-OH is 1. The van der Waals surface area contributed by atoms with E-state index in [1.807, 2.05) is 51.1 Å². The Hall–Kier alpha value is -1.65. The second-order valence-electron chi connectivity index (χ2n) is 5.95. The number of carbonyl (C=O) groups is 1. The quantitative estimate of drug-likeness (QED) is 0.598. The van der Waals surface area contributed by atoms with Gasteiger partial charge in [-0.2, -0.15) is 0 Å². The lowest BCUT2D eigenvalue weighted by atomic mass is 10.1. The van der Waals surface area contributed by atoms with Crippen molar-refractivity contribution in [2.24, 2.45) is 0 Å². The number of benzene rings is 1. The van der Waals surface area contributed by atoms with Crippen molar-refractivity contribution in [1.29, 1.82) is 0 Å². The van der Waals surface area contributed by atoms with Crippen molar-refractivity contribution in [1.82, 2.24) is 0 Å². The minimum atomic E-state index is -1.11. The first-order valence-electron chi connectivity index (χ1n) is 7.10. The summed E-state index contributed by atoms with van der Waals surface area (Å²) >= 11 is 0. The van der Waals surface area contributed by atoms with E-state index in [-0.39, 0.29) is 12.0 Å². The van der Waals surface area contributed by atoms with Crippen molar-refractivity contribution in [3.05, 3.63) is 47.5 Å². The van der Waals surface area contributed by atoms with Gasteiger partial charge in [0.2, 0.25) is 0 Å². The lowest BCUT2D eigenvalue weighted by molar-refractivity contribution is -0.166. The van der Waals surface area contributed by atoms with Crippen LogP contribution in [-0.4, -0.2) is 28.1 Å². The van der Waals surface area contributed by atoms with E-state index in [2.05, 4.69) is 0 Å². The minimum Gasteiger partial charge on any atom is -0.478 e. The van der Waals surface area contributed by atoms with E-state index in [0.29, 0.717) is 6.42 Å². The van der Waals surface area contributed by atoms with E-state index in [1.54, 1.807) is 6.08 Å². The van der Waals surface area contributed by atoms with Crippen molar-refractivity contribution in [2.45, 2.75) is 51.9 Å². The lowest BCUT2D eigenvalue weighted by Gasteiger charge is -2.24. The van der Waals surface area contributed by atoms with Gasteiger partial charge >= 0.3 is 5.97 Å². The molecule has 0 aliphatic carbocycles. The number of ether oxygens (including phenoxy) is 1. The molecule has 116 valence electrons. The van der Waals surface area contributed by atoms with Crippen LogP contribution in [-0.2, 0) is 16.0 Å². The van der Waals surface area contributed by atoms with Gasteiger partial charge in [0.05, 0.1) is 5.60 Å². The molecule has 0 heterocycles. The molecule has 0 aliphatic rings. The van der Waals surface area contributed by atoms with Gasteiger partial charge in [0.1, 0.15) is 0 Å². The third-order valence-corrected chi connectivity index (χ3v) is 2.83. The van der Waals surface area contributed by atoms with Crippen LogP contribution in [0.5, 0.6) is 0 Å². The molecule has 0 spiro atoms. The molecular weight excluding hydrogens is 268 g/mol. The van der Waals surface area contributed by atoms with E-state index in [0.717, 1.165) is 12.0 Å². The van der Waals surface area contributed by atoms with Gasteiger partial charge in [-0.1, -0.05) is 36.4 Å². The average Bonchev–Trinajstić information content (AvgIpc) is 2.36. The predicted molar refractivity (Wildman–Crippen MR) is 81.9 cm³/mol. The van der Waals surface area contributed by atoms with Gasteiger partial charge < -0.3 is 14.9 Å². The van der Waals surface area contributed by atoms with Crippen LogP contribution in [0.1, 0.15) is 39.2 Å². The van der Waals surface area contributed by atoms with Gasteiger partial charge in [-0.25, -0.2) is 4.79 Å². The van der Waals surface area contributed by atoms with Crippen LogP contribution in [0.2, 0.25) is 0 Å². The third-order valence-electron chi connectivity index (χ3n) is 2.83. The predicted octanol–water partition coefficient (Wildman–Crippen LogP) is 3.15. The van der Waals surface area contributed by atoms with Crippen LogP contribution in [0, 0.1) is 0 Å². The number of hydrogen-bond acceptors (Lipinski definition) is 3. The fourth-order valence-corrected chi connectivity index (χ4v) is 1.95. The summed E-state index contributed by atoms with van der Waals surface area (Å²) < 4.78 is 5.33. The number of aliphatic hydroxyl groups is 1. The number of aryl methyl sites for hydroxylation is 1. The highest BCUT2D eigenvalue weighted by Gasteiger charge is 2.20. The molecule has 0 amide bonds. The van der Waals surface area contributed by atoms with Crippen LogP contribution in [0.3, 0.4) is 0 Å². The molecule has 4 heteroatoms. The zero-order valence-corrected chi connectivity index (χ0v) is 12.9. The largest absolute Gasteiger partial charge is 0.478 e. The highest BCUT2D eigenvalue weighted by molar-refractivity contribution is 5.86. The SMILES string of the molecule is CC(C)(C)OC(O)C/C(=C\CCc1ccccc1)C(=O)O. The van der Waals surface area contributed by atoms with Crippen molar-refractivity contribution < 1.29 is 19.7 Å². The molecule has 21 heavy (non-hydrogen) atoms. The van der Waals surface area contributed by atoms with E-state index in [9.17, 15) is 15.0 Å². The van der Waals surface area contributed by atoms with Gasteiger partial charge in [0.15, 0.2) is 6.29 Å². The summed E-state index contributed by atoms with van der Waals surface area (Å²) in [7, 11) is 0. The molecule has 0 radical (unpaired) electrons. The summed E-state index contributed by atoms with van der Waals surface area (Å²) in [5, 5.41) is 19.0. The Kier molecular flexibility index (Phi) is 6.59. The Labute approximate surface area is 126 Å². The second kappa shape index (κ2) is 7.96. The topological polar surface area (TPSA) is 66.8 Å². The number of allylic oxidation sites excluding steroid dienone is 1. The molecule has 4 nitrogen and oxygen atoms in total. The lowest BCUT2D eigenvalue weighted by Crippen LogP contribution is -2.28. The molecule has 0 saturated heterocycles. The molecule has 0 saturated carbocycles. The Bertz CT molecular complexity index is 471. The van der Waals surface area contributed by atoms with Crippen molar-refractivity contribution in [2.75, 3.05) is 0 Å². The van der Waals surface area contributed by atoms with Crippen LogP contribution in [0.15, 0.2) is 42.0 Å². The first-order chi connectivity index (χ1) is 9.78. The van der Waals surface area contributed by atoms with E-state index in [4.69, 9.17) is 4.74 Å². The molecule has 0 aliphatic heterocycles. The van der Waals surface area contributed by atoms with Crippen molar-refractivity contribution in [3.63, 3.8) is 0 Å². The maximum absolute atomic E-state index is 11.2. The molecule has 2 N–H and O–H groups in total. The smallest absolute Gasteiger partial charge is 0.331 e. The number of carboxylic acid groups (broad SMARTS) is 1. The summed E-state index contributed by atoms with van der Waals surface area (Å²) in [5.74, 6) is -1.01. The average molecular weight is 292 g/mol. The minimum absolute atomic E-state index is 0.0125. The molecule has 1 aromatic rings. The summed E-state index contributed by atoms with van der Waals surface area (Å²) in [5.41, 5.74) is 0.834. The van der Waals surface area contributed by atoms with Crippen LogP contribution >= 0.6 is 0 Å². The first-order valence-corrected chi connectivity index (χ1v) is 7.10. The highest BCUT2D eigenvalue weighted by atomic mass is 16.6. The summed E-state index contributed by atoms with van der Waals surface area (Å²) in [6.45, 7) is 5.45. The zero-order valence-electron chi connectivity index (χ0n) is 12.9. The highest BCUT2D eigenvalue weighted by Crippen LogP contribution is 2.16. The molecule has 1 unspecified atom stereocenters. The Morgan fingerprint density at radius 2 is 1.90 bits per heavy atom. The number of hydrogen-bond donors (Lipinski definition) is 2. The standard InChI is InChI=1S/C17H24O4/c1-17(2,3)21-15(18)12-14(16(19)20)11-7-10-13-8-5-4-6-9-13/h4-6,8-9,11,15,18H,7,10,12H2,1-3H3,(H,19,20)/b14-11+. The van der Waals surface area contributed by atoms with Gasteiger partial charge in [-0.3, -0.25) is 0 Å². The fraction of sp³-hybridized carbons (Fsp3) is 0.471. The first kappa shape index (κ1) is 17.4. The number of aliphatic carboxylic acids is 1. The molecule has 1 aromatic carbocycles. The summed E-state index contributed by atoms with van der Waals surface area (Å²) in [6, 6.07) is 9.87. The van der Waals surface area contributed by atoms with Gasteiger partial charge in [0, 0.05) is 12.0 Å². The Morgan fingerprint density at radius 1 is 1.29 bits per heavy atom. The fourth-order valence-electron chi connectivity index (χ4n) is 1.95. The molecule has 0 aromatic heterocycles. The summed E-state index contributed by atoms with van der Waals surface area (Å²) in [6.07, 6.45) is 1.93. The van der Waals surface area contributed by atoms with Crippen LogP contribution in [0.25, 0.3) is 0 Å². The van der Waals surface area contributed by atoms with Gasteiger partial charge in [-0.05, 0) is 39.2 Å². The summed E-state index contributed by atoms with van der Waals surface area (Å²) in [4.78, 5) is 11.2. The maximum atomic E-state index is 11.2. The zero-order chi connectivity index (χ0) is 15.9. The van der Waals surface area contributed by atoms with Crippen LogP contribution in [0.4, 0.5) is 0 Å². The number of rotatable bonds is 7. The van der Waals surface area contributed by atoms with Gasteiger partial charge in [0.25, 0.3) is 0 Å². The molecular formula is C17H24O4. The Morgan fingerprint density at radius 3 is 2.43 bits per heavy atom. The normalized spacial score (nSPS) is 14.0. The molecule has 1 atom stereocenters.